The Labute approximate surface area is 86.1 Å². The quantitative estimate of drug-likeness (QED) is 0.727. The molecule has 15 heavy (non-hydrogen) atoms. The zero-order valence-electron chi connectivity index (χ0n) is 8.10. The maximum absolute atomic E-state index is 10.9. The van der Waals surface area contributed by atoms with Crippen LogP contribution in [0.4, 0.5) is 0 Å². The maximum atomic E-state index is 10.9. The Hall–Kier alpha value is -1.71. The Bertz CT molecular complexity index is 468. The summed E-state index contributed by atoms with van der Waals surface area (Å²) in [5.41, 5.74) is 0.201. The Morgan fingerprint density at radius 1 is 1.53 bits per heavy atom. The molecular weight excluding hydrogens is 196 g/mol. The Kier molecular flexibility index (Phi) is 1.30. The molecule has 3 rings (SSSR count). The van der Waals surface area contributed by atoms with Gasteiger partial charge in [0.1, 0.15) is 23.0 Å². The van der Waals surface area contributed by atoms with Gasteiger partial charge in [-0.3, -0.25) is 4.79 Å². The van der Waals surface area contributed by atoms with Gasteiger partial charge in [-0.05, 0) is 25.1 Å². The number of carboxylic acids is 1. The smallest absolute Gasteiger partial charge is 0.311 e. The Morgan fingerprint density at radius 3 is 2.93 bits per heavy atom. The van der Waals surface area contributed by atoms with E-state index in [1.165, 1.54) is 0 Å². The maximum Gasteiger partial charge on any atom is 0.311 e. The van der Waals surface area contributed by atoms with E-state index in [0.717, 1.165) is 5.56 Å². The van der Waals surface area contributed by atoms with Gasteiger partial charge in [0.2, 0.25) is 0 Å². The number of hydrogen-bond acceptors (Lipinski definition) is 3. The number of phenols is 1. The summed E-state index contributed by atoms with van der Waals surface area (Å²) in [5, 5.41) is 18.3. The number of carboxylic acid groups (broad SMARTS) is 1. The molecular formula is C11H10O4. The minimum Gasteiger partial charge on any atom is -0.508 e. The lowest BCUT2D eigenvalue weighted by molar-refractivity contribution is -0.140. The molecule has 4 heteroatoms. The van der Waals surface area contributed by atoms with Gasteiger partial charge in [0.15, 0.2) is 0 Å². The van der Waals surface area contributed by atoms with E-state index in [-0.39, 0.29) is 11.7 Å². The molecule has 78 valence electrons. The molecule has 3 atom stereocenters. The number of aromatic hydroxyl groups is 1. The molecule has 1 saturated carbocycles. The van der Waals surface area contributed by atoms with Crippen molar-refractivity contribution in [3.63, 3.8) is 0 Å². The highest BCUT2D eigenvalue weighted by Crippen LogP contribution is 2.66. The number of aliphatic carboxylic acids is 1. The lowest BCUT2D eigenvalue weighted by Gasteiger charge is -2.11. The van der Waals surface area contributed by atoms with Crippen LogP contribution in [-0.2, 0) is 4.79 Å². The fourth-order valence-electron chi connectivity index (χ4n) is 2.60. The van der Waals surface area contributed by atoms with Crippen LogP contribution in [0, 0.1) is 5.92 Å². The highest BCUT2D eigenvalue weighted by atomic mass is 16.5. The van der Waals surface area contributed by atoms with E-state index < -0.39 is 17.5 Å². The van der Waals surface area contributed by atoms with Gasteiger partial charge < -0.3 is 14.9 Å². The molecule has 0 saturated heterocycles. The molecule has 0 bridgehead atoms. The monoisotopic (exact) mass is 206 g/mol. The molecule has 2 aliphatic rings. The van der Waals surface area contributed by atoms with Crippen LogP contribution in [-0.4, -0.2) is 21.8 Å². The van der Waals surface area contributed by atoms with E-state index in [4.69, 9.17) is 9.84 Å². The van der Waals surface area contributed by atoms with Gasteiger partial charge >= 0.3 is 5.97 Å². The molecule has 1 aliphatic carbocycles. The van der Waals surface area contributed by atoms with Crippen LogP contribution in [0.3, 0.4) is 0 Å². The minimum atomic E-state index is -0.837. The zero-order valence-corrected chi connectivity index (χ0v) is 8.10. The predicted molar refractivity (Wildman–Crippen MR) is 51.0 cm³/mol. The van der Waals surface area contributed by atoms with Gasteiger partial charge in [-0.25, -0.2) is 0 Å². The summed E-state index contributed by atoms with van der Waals surface area (Å²) < 4.78 is 5.61. The summed E-state index contributed by atoms with van der Waals surface area (Å²) in [6.07, 6.45) is 0. The highest BCUT2D eigenvalue weighted by molar-refractivity contribution is 5.81. The Morgan fingerprint density at radius 2 is 2.27 bits per heavy atom. The molecule has 0 amide bonds. The normalized spacial score (nSPS) is 35.3. The summed E-state index contributed by atoms with van der Waals surface area (Å²) in [4.78, 5) is 10.9. The first kappa shape index (κ1) is 8.59. The summed E-state index contributed by atoms with van der Waals surface area (Å²) in [7, 11) is 0. The van der Waals surface area contributed by atoms with Crippen molar-refractivity contribution < 1.29 is 19.7 Å². The molecule has 1 aromatic rings. The lowest BCUT2D eigenvalue weighted by Crippen LogP contribution is -2.19. The van der Waals surface area contributed by atoms with Crippen molar-refractivity contribution >= 4 is 5.97 Å². The molecule has 4 nitrogen and oxygen atoms in total. The topological polar surface area (TPSA) is 66.8 Å². The third-order valence-corrected chi connectivity index (χ3v) is 3.38. The molecule has 1 heterocycles. The van der Waals surface area contributed by atoms with Crippen molar-refractivity contribution in [2.75, 3.05) is 0 Å². The van der Waals surface area contributed by atoms with Gasteiger partial charge in [-0.1, -0.05) is 0 Å². The van der Waals surface area contributed by atoms with Crippen molar-refractivity contribution in [1.29, 1.82) is 0 Å². The first-order valence-electron chi connectivity index (χ1n) is 4.79. The van der Waals surface area contributed by atoms with Gasteiger partial charge in [0.05, 0.1) is 0 Å². The lowest BCUT2D eigenvalue weighted by atomic mass is 10.1. The number of carbonyl (C=O) groups is 1. The number of benzene rings is 1. The summed E-state index contributed by atoms with van der Waals surface area (Å²) in [6.45, 7) is 1.80. The average molecular weight is 206 g/mol. The molecule has 1 aliphatic heterocycles. The molecule has 0 spiro atoms. The second kappa shape index (κ2) is 2.27. The van der Waals surface area contributed by atoms with Gasteiger partial charge in [0, 0.05) is 11.5 Å². The molecule has 0 aromatic heterocycles. The summed E-state index contributed by atoms with van der Waals surface area (Å²) >= 11 is 0. The number of rotatable bonds is 1. The second-order valence-corrected chi connectivity index (χ2v) is 4.30. The summed E-state index contributed by atoms with van der Waals surface area (Å²) in [5.74, 6) is -0.587. The number of hydrogen-bond donors (Lipinski definition) is 2. The molecule has 2 N–H and O–H groups in total. The number of fused-ring (bicyclic) bond motifs is 3. The van der Waals surface area contributed by atoms with Crippen molar-refractivity contribution in [1.82, 2.24) is 0 Å². The van der Waals surface area contributed by atoms with Crippen LogP contribution in [0.15, 0.2) is 18.2 Å². The first-order chi connectivity index (χ1) is 7.04. The van der Waals surface area contributed by atoms with Crippen LogP contribution in [0.2, 0.25) is 0 Å². The van der Waals surface area contributed by atoms with E-state index in [2.05, 4.69) is 0 Å². The standard InChI is InChI=1S/C11H10O4/c1-11-8(9(11)10(13)14)6-4-5(12)2-3-7(6)15-11/h2-4,8-9,12H,1H3,(H,13,14)/t8-,9+,11?/m0/s1. The van der Waals surface area contributed by atoms with Crippen LogP contribution in [0.1, 0.15) is 18.4 Å². The fourth-order valence-corrected chi connectivity index (χ4v) is 2.60. The largest absolute Gasteiger partial charge is 0.508 e. The third-order valence-electron chi connectivity index (χ3n) is 3.38. The van der Waals surface area contributed by atoms with Crippen molar-refractivity contribution in [2.24, 2.45) is 5.92 Å². The molecule has 0 radical (unpaired) electrons. The number of ether oxygens (including phenoxy) is 1. The van der Waals surface area contributed by atoms with Crippen molar-refractivity contribution in [3.8, 4) is 11.5 Å². The highest BCUT2D eigenvalue weighted by Gasteiger charge is 2.72. The van der Waals surface area contributed by atoms with E-state index in [9.17, 15) is 9.90 Å². The molecule has 1 unspecified atom stereocenters. The van der Waals surface area contributed by atoms with Crippen molar-refractivity contribution in [3.05, 3.63) is 23.8 Å². The molecule has 1 fully saturated rings. The Balaban J connectivity index is 2.07. The molecule has 1 aromatic carbocycles. The minimum absolute atomic E-state index is 0.114. The van der Waals surface area contributed by atoms with E-state index >= 15 is 0 Å². The van der Waals surface area contributed by atoms with Gasteiger partial charge in [-0.15, -0.1) is 0 Å². The SMILES string of the molecule is CC12Oc3ccc(O)cc3[C@H]1[C@@H]2C(=O)O. The van der Waals surface area contributed by atoms with Gasteiger partial charge in [-0.2, -0.15) is 0 Å². The van der Waals surface area contributed by atoms with E-state index in [1.807, 2.05) is 0 Å². The predicted octanol–water partition coefficient (Wildman–Crippen LogP) is 1.34. The van der Waals surface area contributed by atoms with Crippen molar-refractivity contribution in [2.45, 2.75) is 18.4 Å². The zero-order chi connectivity index (χ0) is 10.8. The average Bonchev–Trinajstić information content (AvgIpc) is 2.65. The summed E-state index contributed by atoms with van der Waals surface area (Å²) in [6, 6.07) is 4.82. The van der Waals surface area contributed by atoms with Crippen LogP contribution < -0.4 is 4.74 Å². The van der Waals surface area contributed by atoms with Crippen LogP contribution in [0.25, 0.3) is 0 Å². The third kappa shape index (κ3) is 0.888. The van der Waals surface area contributed by atoms with Gasteiger partial charge in [0.25, 0.3) is 0 Å². The van der Waals surface area contributed by atoms with Crippen LogP contribution >= 0.6 is 0 Å². The van der Waals surface area contributed by atoms with Crippen LogP contribution in [0.5, 0.6) is 11.5 Å². The first-order valence-corrected chi connectivity index (χ1v) is 4.79. The fraction of sp³-hybridized carbons (Fsp3) is 0.364. The second-order valence-electron chi connectivity index (χ2n) is 4.30. The van der Waals surface area contributed by atoms with E-state index in [0.29, 0.717) is 5.75 Å². The number of phenolic OH excluding ortho intramolecular Hbond substituents is 1. The van der Waals surface area contributed by atoms with E-state index in [1.54, 1.807) is 25.1 Å².